The van der Waals surface area contributed by atoms with Gasteiger partial charge < -0.3 is 15.9 Å². The van der Waals surface area contributed by atoms with E-state index in [-0.39, 0.29) is 23.4 Å². The molecule has 0 saturated heterocycles. The highest BCUT2D eigenvalue weighted by atomic mass is 19.1. The Morgan fingerprint density at radius 2 is 2.33 bits per heavy atom. The molecule has 1 rings (SSSR count). The Morgan fingerprint density at radius 3 is 2.87 bits per heavy atom. The van der Waals surface area contributed by atoms with E-state index in [1.54, 1.807) is 0 Å². The van der Waals surface area contributed by atoms with Gasteiger partial charge in [0, 0.05) is 17.7 Å². The molecule has 5 nitrogen and oxygen atoms in total. The maximum absolute atomic E-state index is 12.5. The number of aromatic hydroxyl groups is 1. The molecule has 0 fully saturated rings. The van der Waals surface area contributed by atoms with Gasteiger partial charge in [-0.3, -0.25) is 9.78 Å². The summed E-state index contributed by atoms with van der Waals surface area (Å²) in [5.74, 6) is -1.33. The highest BCUT2D eigenvalue weighted by Crippen LogP contribution is 2.15. The normalized spacial score (nSPS) is 12.4. The standard InChI is InChI=1S/C9H11FN2O3/c10-3-5-1-6(13)4-12-8(5)2-7(11)9(14)15/h1,4,7,13H,2-3,11H2,(H,14,15). The van der Waals surface area contributed by atoms with Crippen LogP contribution >= 0.6 is 0 Å². The zero-order chi connectivity index (χ0) is 11.4. The second-order valence-electron chi connectivity index (χ2n) is 3.08. The summed E-state index contributed by atoms with van der Waals surface area (Å²) in [6.45, 7) is -0.816. The van der Waals surface area contributed by atoms with E-state index in [0.29, 0.717) is 0 Å². The quantitative estimate of drug-likeness (QED) is 0.665. The molecule has 1 atom stereocenters. The molecule has 0 aliphatic carbocycles. The first kappa shape index (κ1) is 11.4. The molecule has 0 spiro atoms. The summed E-state index contributed by atoms with van der Waals surface area (Å²) in [6, 6.07) is 0.0871. The van der Waals surface area contributed by atoms with Gasteiger partial charge in [0.2, 0.25) is 0 Å². The number of halogens is 1. The molecule has 1 heterocycles. The number of alkyl halides is 1. The third-order valence-electron chi connectivity index (χ3n) is 1.92. The minimum atomic E-state index is -1.17. The van der Waals surface area contributed by atoms with Crippen LogP contribution in [0.25, 0.3) is 0 Å². The zero-order valence-corrected chi connectivity index (χ0v) is 7.85. The van der Waals surface area contributed by atoms with Crippen LogP contribution in [-0.4, -0.2) is 27.2 Å². The van der Waals surface area contributed by atoms with Crippen molar-refractivity contribution in [3.05, 3.63) is 23.5 Å². The number of nitrogens with two attached hydrogens (primary N) is 1. The van der Waals surface area contributed by atoms with Crippen LogP contribution in [0.1, 0.15) is 11.3 Å². The van der Waals surface area contributed by atoms with Crippen molar-refractivity contribution in [2.24, 2.45) is 5.73 Å². The molecule has 0 aliphatic rings. The van der Waals surface area contributed by atoms with Gasteiger partial charge in [-0.15, -0.1) is 0 Å². The van der Waals surface area contributed by atoms with E-state index in [0.717, 1.165) is 6.20 Å². The Morgan fingerprint density at radius 1 is 1.67 bits per heavy atom. The average Bonchev–Trinajstić information content (AvgIpc) is 2.20. The largest absolute Gasteiger partial charge is 0.506 e. The predicted octanol–water partition coefficient (Wildman–Crippen LogP) is 0.211. The number of hydrogen-bond acceptors (Lipinski definition) is 4. The molecule has 82 valence electrons. The van der Waals surface area contributed by atoms with Crippen molar-refractivity contribution >= 4 is 5.97 Å². The Balaban J connectivity index is 2.89. The summed E-state index contributed by atoms with van der Waals surface area (Å²) in [5, 5.41) is 17.6. The Bertz CT molecular complexity index is 370. The van der Waals surface area contributed by atoms with E-state index in [1.807, 2.05) is 0 Å². The predicted molar refractivity (Wildman–Crippen MR) is 50.0 cm³/mol. The van der Waals surface area contributed by atoms with Crippen molar-refractivity contribution in [3.63, 3.8) is 0 Å². The molecule has 1 aromatic heterocycles. The number of hydrogen-bond donors (Lipinski definition) is 3. The molecule has 0 radical (unpaired) electrons. The van der Waals surface area contributed by atoms with Crippen molar-refractivity contribution in [2.75, 3.05) is 0 Å². The lowest BCUT2D eigenvalue weighted by Crippen LogP contribution is -2.32. The van der Waals surface area contributed by atoms with Crippen molar-refractivity contribution < 1.29 is 19.4 Å². The minimum Gasteiger partial charge on any atom is -0.506 e. The summed E-state index contributed by atoms with van der Waals surface area (Å²) >= 11 is 0. The van der Waals surface area contributed by atoms with Gasteiger partial charge in [-0.2, -0.15) is 0 Å². The topological polar surface area (TPSA) is 96.4 Å². The molecule has 6 heteroatoms. The number of carbonyl (C=O) groups is 1. The number of aromatic nitrogens is 1. The Kier molecular flexibility index (Phi) is 3.56. The van der Waals surface area contributed by atoms with Crippen molar-refractivity contribution in [2.45, 2.75) is 19.1 Å². The SMILES string of the molecule is NC(Cc1ncc(O)cc1CF)C(=O)O. The summed E-state index contributed by atoms with van der Waals surface area (Å²) in [4.78, 5) is 14.2. The van der Waals surface area contributed by atoms with Crippen molar-refractivity contribution in [1.82, 2.24) is 4.98 Å². The number of carboxylic acid groups (broad SMARTS) is 1. The van der Waals surface area contributed by atoms with E-state index in [1.165, 1.54) is 6.07 Å². The highest BCUT2D eigenvalue weighted by molar-refractivity contribution is 5.73. The van der Waals surface area contributed by atoms with Crippen LogP contribution in [0, 0.1) is 0 Å². The molecule has 1 aromatic rings. The fourth-order valence-corrected chi connectivity index (χ4v) is 1.12. The number of carboxylic acids is 1. The van der Waals surface area contributed by atoms with E-state index >= 15 is 0 Å². The fourth-order valence-electron chi connectivity index (χ4n) is 1.12. The van der Waals surface area contributed by atoms with E-state index in [2.05, 4.69) is 4.98 Å². The van der Waals surface area contributed by atoms with Gasteiger partial charge >= 0.3 is 5.97 Å². The molecular weight excluding hydrogens is 203 g/mol. The number of rotatable bonds is 4. The highest BCUT2D eigenvalue weighted by Gasteiger charge is 2.15. The van der Waals surface area contributed by atoms with Gasteiger partial charge in [-0.25, -0.2) is 4.39 Å². The van der Waals surface area contributed by atoms with Crippen LogP contribution in [0.2, 0.25) is 0 Å². The Hall–Kier alpha value is -1.69. The summed E-state index contributed by atoms with van der Waals surface area (Å²) in [7, 11) is 0. The van der Waals surface area contributed by atoms with Gasteiger partial charge in [0.25, 0.3) is 0 Å². The lowest BCUT2D eigenvalue weighted by Gasteiger charge is -2.08. The van der Waals surface area contributed by atoms with Gasteiger partial charge in [0.05, 0.1) is 6.20 Å². The van der Waals surface area contributed by atoms with Crippen molar-refractivity contribution in [3.8, 4) is 5.75 Å². The molecule has 0 aromatic carbocycles. The summed E-state index contributed by atoms with van der Waals surface area (Å²) in [6.07, 6.45) is 1.07. The molecule has 0 aliphatic heterocycles. The van der Waals surface area contributed by atoms with Crippen molar-refractivity contribution in [1.29, 1.82) is 0 Å². The van der Waals surface area contributed by atoms with E-state index in [4.69, 9.17) is 15.9 Å². The molecule has 0 saturated carbocycles. The molecule has 1 unspecified atom stereocenters. The summed E-state index contributed by atoms with van der Waals surface area (Å²) < 4.78 is 12.5. The van der Waals surface area contributed by atoms with Crippen LogP contribution < -0.4 is 5.73 Å². The summed E-state index contributed by atoms with van der Waals surface area (Å²) in [5.41, 5.74) is 5.70. The molecule has 0 bridgehead atoms. The number of pyridine rings is 1. The Labute approximate surface area is 85.4 Å². The second-order valence-corrected chi connectivity index (χ2v) is 3.08. The number of nitrogens with zero attached hydrogens (tertiary/aromatic N) is 1. The third kappa shape index (κ3) is 2.88. The van der Waals surface area contributed by atoms with Crippen LogP contribution in [0.15, 0.2) is 12.3 Å². The van der Waals surface area contributed by atoms with Crippen LogP contribution in [-0.2, 0) is 17.9 Å². The van der Waals surface area contributed by atoms with E-state index in [9.17, 15) is 9.18 Å². The van der Waals surface area contributed by atoms with Gasteiger partial charge in [-0.1, -0.05) is 0 Å². The fraction of sp³-hybridized carbons (Fsp3) is 0.333. The average molecular weight is 214 g/mol. The lowest BCUT2D eigenvalue weighted by atomic mass is 10.1. The van der Waals surface area contributed by atoms with E-state index < -0.39 is 18.7 Å². The van der Waals surface area contributed by atoms with Gasteiger partial charge in [0.1, 0.15) is 18.5 Å². The molecule has 15 heavy (non-hydrogen) atoms. The van der Waals surface area contributed by atoms with Gasteiger partial charge in [0.15, 0.2) is 0 Å². The molecular formula is C9H11FN2O3. The lowest BCUT2D eigenvalue weighted by molar-refractivity contribution is -0.138. The smallest absolute Gasteiger partial charge is 0.320 e. The van der Waals surface area contributed by atoms with Gasteiger partial charge in [-0.05, 0) is 6.07 Å². The molecule has 0 amide bonds. The third-order valence-corrected chi connectivity index (χ3v) is 1.92. The maximum Gasteiger partial charge on any atom is 0.320 e. The first-order valence-corrected chi connectivity index (χ1v) is 4.25. The molecule has 4 N–H and O–H groups in total. The second kappa shape index (κ2) is 4.70. The van der Waals surface area contributed by atoms with Crippen LogP contribution in [0.3, 0.4) is 0 Å². The first-order chi connectivity index (χ1) is 7.04. The maximum atomic E-state index is 12.5. The minimum absolute atomic E-state index is 0.0606. The number of aliphatic carboxylic acids is 1. The zero-order valence-electron chi connectivity index (χ0n) is 7.85. The monoisotopic (exact) mass is 214 g/mol. The first-order valence-electron chi connectivity index (χ1n) is 4.25. The van der Waals surface area contributed by atoms with Crippen LogP contribution in [0.4, 0.5) is 4.39 Å². The van der Waals surface area contributed by atoms with Crippen LogP contribution in [0.5, 0.6) is 5.75 Å².